The molecule has 1 aromatic heterocycles. The van der Waals surface area contributed by atoms with Crippen molar-refractivity contribution >= 4 is 28.5 Å². The second-order valence-corrected chi connectivity index (χ2v) is 8.53. The van der Waals surface area contributed by atoms with Crippen molar-refractivity contribution in [2.24, 2.45) is 0 Å². The Hall–Kier alpha value is -2.67. The molecule has 2 aliphatic heterocycles. The number of carbonyl (C=O) groups is 1. The second kappa shape index (κ2) is 8.46. The highest BCUT2D eigenvalue weighted by Gasteiger charge is 2.42. The van der Waals surface area contributed by atoms with Gasteiger partial charge in [0.15, 0.2) is 5.43 Å². The quantitative estimate of drug-likeness (QED) is 0.662. The fourth-order valence-electron chi connectivity index (χ4n) is 4.63. The van der Waals surface area contributed by atoms with E-state index in [2.05, 4.69) is 0 Å². The zero-order valence-electron chi connectivity index (χ0n) is 17.1. The van der Waals surface area contributed by atoms with Crippen LogP contribution in [0.1, 0.15) is 34.1 Å². The highest BCUT2D eigenvalue weighted by molar-refractivity contribution is 6.30. The Bertz CT molecular complexity index is 1190. The number of amides is 1. The number of nitrogens with one attached hydrogen (secondary N) is 1. The number of ether oxygens (including phenoxy) is 1. The maximum atomic E-state index is 13.4. The van der Waals surface area contributed by atoms with E-state index in [1.807, 2.05) is 18.2 Å². The lowest BCUT2D eigenvalue weighted by atomic mass is 9.98. The lowest BCUT2D eigenvalue weighted by molar-refractivity contribution is -0.908. The van der Waals surface area contributed by atoms with Gasteiger partial charge in [-0.15, -0.1) is 0 Å². The van der Waals surface area contributed by atoms with Crippen molar-refractivity contribution in [2.45, 2.75) is 12.5 Å². The molecule has 0 spiro atoms. The minimum absolute atomic E-state index is 0.146. The van der Waals surface area contributed by atoms with Gasteiger partial charge < -0.3 is 19.0 Å². The Labute approximate surface area is 185 Å². The summed E-state index contributed by atoms with van der Waals surface area (Å²) in [7, 11) is 0. The van der Waals surface area contributed by atoms with Crippen molar-refractivity contribution in [3.63, 3.8) is 0 Å². The van der Waals surface area contributed by atoms with Gasteiger partial charge in [-0.3, -0.25) is 9.59 Å². The van der Waals surface area contributed by atoms with Crippen molar-refractivity contribution in [3.8, 4) is 0 Å². The van der Waals surface area contributed by atoms with Crippen molar-refractivity contribution < 1.29 is 18.8 Å². The topological polar surface area (TPSA) is 64.2 Å². The number of fused-ring (bicyclic) bond motifs is 2. The first-order valence-corrected chi connectivity index (χ1v) is 11.0. The van der Waals surface area contributed by atoms with E-state index >= 15 is 0 Å². The Morgan fingerprint density at radius 1 is 1.06 bits per heavy atom. The fraction of sp³-hybridized carbons (Fsp3) is 0.333. The van der Waals surface area contributed by atoms with E-state index in [-0.39, 0.29) is 17.1 Å². The summed E-state index contributed by atoms with van der Waals surface area (Å²) in [5, 5.41) is 1.06. The summed E-state index contributed by atoms with van der Waals surface area (Å²) in [6.45, 7) is 5.02. The van der Waals surface area contributed by atoms with Gasteiger partial charge in [0.05, 0.1) is 36.8 Å². The number of carbonyl (C=O) groups excluding carboxylic acids is 1. The third kappa shape index (κ3) is 3.76. The van der Waals surface area contributed by atoms with E-state index in [1.165, 1.54) is 4.90 Å². The summed E-state index contributed by atoms with van der Waals surface area (Å²) in [5.74, 6) is -0.0906. The van der Waals surface area contributed by atoms with E-state index in [1.54, 1.807) is 35.2 Å². The highest BCUT2D eigenvalue weighted by Crippen LogP contribution is 2.38. The van der Waals surface area contributed by atoms with E-state index in [9.17, 15) is 9.59 Å². The van der Waals surface area contributed by atoms with Gasteiger partial charge in [0.25, 0.3) is 5.91 Å². The van der Waals surface area contributed by atoms with Crippen LogP contribution >= 0.6 is 11.6 Å². The number of halogens is 1. The van der Waals surface area contributed by atoms with Crippen LogP contribution in [0.15, 0.2) is 57.7 Å². The average Bonchev–Trinajstić information content (AvgIpc) is 3.07. The summed E-state index contributed by atoms with van der Waals surface area (Å²) >= 11 is 6.26. The first-order valence-electron chi connectivity index (χ1n) is 10.7. The predicted octanol–water partition coefficient (Wildman–Crippen LogP) is 2.30. The van der Waals surface area contributed by atoms with Crippen molar-refractivity contribution in [2.75, 3.05) is 39.4 Å². The van der Waals surface area contributed by atoms with Crippen molar-refractivity contribution in [3.05, 3.63) is 80.7 Å². The molecule has 6 nitrogen and oxygen atoms in total. The van der Waals surface area contributed by atoms with Gasteiger partial charge in [-0.2, -0.15) is 0 Å². The van der Waals surface area contributed by atoms with Crippen LogP contribution in [0.3, 0.4) is 0 Å². The first-order chi connectivity index (χ1) is 15.1. The Balaban J connectivity index is 1.53. The molecule has 0 unspecified atom stereocenters. The molecule has 0 aliphatic carbocycles. The molecule has 2 aromatic carbocycles. The molecule has 3 aromatic rings. The van der Waals surface area contributed by atoms with Crippen LogP contribution in [0.25, 0.3) is 11.0 Å². The van der Waals surface area contributed by atoms with E-state index in [0.29, 0.717) is 28.1 Å². The highest BCUT2D eigenvalue weighted by atomic mass is 35.5. The normalized spacial score (nSPS) is 19.2. The Morgan fingerprint density at radius 2 is 1.87 bits per heavy atom. The van der Waals surface area contributed by atoms with E-state index < -0.39 is 6.04 Å². The summed E-state index contributed by atoms with van der Waals surface area (Å²) in [6.07, 6.45) is 0.833. The molecule has 3 heterocycles. The van der Waals surface area contributed by atoms with Crippen LogP contribution in [0, 0.1) is 0 Å². The lowest BCUT2D eigenvalue weighted by Crippen LogP contribution is -3.14. The molecule has 160 valence electrons. The summed E-state index contributed by atoms with van der Waals surface area (Å²) in [6, 6.07) is 13.9. The minimum Gasteiger partial charge on any atom is -0.450 e. The Kier molecular flexibility index (Phi) is 5.52. The zero-order chi connectivity index (χ0) is 21.4. The third-order valence-corrected chi connectivity index (χ3v) is 6.40. The van der Waals surface area contributed by atoms with Crippen molar-refractivity contribution in [1.82, 2.24) is 4.90 Å². The minimum atomic E-state index is -0.498. The van der Waals surface area contributed by atoms with Crippen molar-refractivity contribution in [1.29, 1.82) is 0 Å². The number of benzene rings is 2. The van der Waals surface area contributed by atoms with Crippen LogP contribution in [-0.4, -0.2) is 50.2 Å². The largest absolute Gasteiger partial charge is 0.450 e. The van der Waals surface area contributed by atoms with Gasteiger partial charge in [-0.25, -0.2) is 0 Å². The maximum Gasteiger partial charge on any atom is 0.290 e. The average molecular weight is 440 g/mol. The monoisotopic (exact) mass is 439 g/mol. The summed E-state index contributed by atoms with van der Waals surface area (Å²) < 4.78 is 11.4. The van der Waals surface area contributed by atoms with Gasteiger partial charge >= 0.3 is 0 Å². The fourth-order valence-corrected chi connectivity index (χ4v) is 4.83. The number of nitrogens with zero attached hydrogens (tertiary/aromatic N) is 1. The SMILES string of the molecule is O=C1c2oc3ccccc3c(=O)c2[C@H](c2cccc(Cl)c2)N1CCC[NH+]1CCOCC1. The van der Waals surface area contributed by atoms with Gasteiger partial charge in [0.1, 0.15) is 18.7 Å². The molecule has 2 aliphatic rings. The lowest BCUT2D eigenvalue weighted by Gasteiger charge is -2.27. The van der Waals surface area contributed by atoms with Crippen LogP contribution in [0.4, 0.5) is 0 Å². The predicted molar refractivity (Wildman–Crippen MR) is 118 cm³/mol. The maximum absolute atomic E-state index is 13.4. The molecule has 1 fully saturated rings. The molecule has 1 atom stereocenters. The van der Waals surface area contributed by atoms with Gasteiger partial charge in [-0.05, 0) is 29.8 Å². The van der Waals surface area contributed by atoms with Crippen LogP contribution < -0.4 is 10.3 Å². The number of quaternary nitrogens is 1. The molecular weight excluding hydrogens is 416 g/mol. The second-order valence-electron chi connectivity index (χ2n) is 8.09. The summed E-state index contributed by atoms with van der Waals surface area (Å²) in [5.41, 5.74) is 1.51. The molecule has 0 radical (unpaired) electrons. The number of hydrogen-bond donors (Lipinski definition) is 1. The molecule has 0 saturated carbocycles. The smallest absolute Gasteiger partial charge is 0.290 e. The van der Waals surface area contributed by atoms with E-state index in [4.69, 9.17) is 20.8 Å². The molecule has 7 heteroatoms. The first kappa shape index (κ1) is 20.2. The summed E-state index contributed by atoms with van der Waals surface area (Å²) in [4.78, 5) is 30.0. The molecule has 0 bridgehead atoms. The van der Waals surface area contributed by atoms with Gasteiger partial charge in [0.2, 0.25) is 5.76 Å². The Morgan fingerprint density at radius 3 is 2.68 bits per heavy atom. The molecule has 1 amide bonds. The number of rotatable bonds is 5. The van der Waals surface area contributed by atoms with Crippen LogP contribution in [-0.2, 0) is 4.74 Å². The molecule has 31 heavy (non-hydrogen) atoms. The van der Waals surface area contributed by atoms with Crippen LogP contribution in [0.2, 0.25) is 5.02 Å². The van der Waals surface area contributed by atoms with E-state index in [0.717, 1.165) is 44.8 Å². The van der Waals surface area contributed by atoms with Crippen LogP contribution in [0.5, 0.6) is 0 Å². The molecular formula is C24H24ClN2O4+. The third-order valence-electron chi connectivity index (χ3n) is 6.17. The number of hydrogen-bond acceptors (Lipinski definition) is 4. The van der Waals surface area contributed by atoms with Gasteiger partial charge in [-0.1, -0.05) is 35.9 Å². The van der Waals surface area contributed by atoms with Gasteiger partial charge in [0, 0.05) is 18.0 Å². The molecule has 1 saturated heterocycles. The zero-order valence-corrected chi connectivity index (χ0v) is 17.9. The standard InChI is InChI=1S/C24H23ClN2O4/c25-17-6-3-5-16(15-17)21-20-22(28)18-7-1-2-8-19(18)31-23(20)24(29)27(21)10-4-9-26-11-13-30-14-12-26/h1-3,5-8,15,21H,4,9-14H2/p+1/t21-/m0/s1. The number of morpholine rings is 1. The number of para-hydroxylation sites is 1. The molecule has 5 rings (SSSR count). The molecule has 1 N–H and O–H groups in total.